The number of hydrogen-bond acceptors (Lipinski definition) is 3. The molecule has 0 aliphatic heterocycles. The molecule has 2 N–H and O–H groups in total. The molecule has 1 unspecified atom stereocenters. The van der Waals surface area contributed by atoms with Crippen LogP contribution in [0.3, 0.4) is 0 Å². The maximum atomic E-state index is 13.1. The summed E-state index contributed by atoms with van der Waals surface area (Å²) in [7, 11) is 0. The van der Waals surface area contributed by atoms with Crippen molar-refractivity contribution in [1.82, 2.24) is 5.32 Å². The molecule has 4 nitrogen and oxygen atoms in total. The maximum absolute atomic E-state index is 13.1. The minimum Gasteiger partial charge on any atom is -0.384 e. The van der Waals surface area contributed by atoms with Gasteiger partial charge in [-0.1, -0.05) is 6.92 Å². The number of nitrogens with zero attached hydrogens (tertiary/aromatic N) is 1. The molecule has 1 aromatic rings. The Morgan fingerprint density at radius 2 is 2.21 bits per heavy atom. The number of benzene rings is 1. The number of amides is 1. The van der Waals surface area contributed by atoms with E-state index in [1.807, 2.05) is 19.9 Å². The van der Waals surface area contributed by atoms with E-state index in [0.29, 0.717) is 18.7 Å². The molecule has 0 aromatic heterocycles. The predicted octanol–water partition coefficient (Wildman–Crippen LogP) is 2.41. The van der Waals surface area contributed by atoms with Gasteiger partial charge in [0.15, 0.2) is 0 Å². The van der Waals surface area contributed by atoms with Gasteiger partial charge in [0.05, 0.1) is 11.6 Å². The zero-order valence-electron chi connectivity index (χ0n) is 11.2. The summed E-state index contributed by atoms with van der Waals surface area (Å²) >= 11 is 0. The summed E-state index contributed by atoms with van der Waals surface area (Å²) in [4.78, 5) is 11.5. The molecule has 0 aliphatic rings. The van der Waals surface area contributed by atoms with E-state index in [2.05, 4.69) is 10.6 Å². The van der Waals surface area contributed by atoms with Crippen LogP contribution in [0.1, 0.15) is 32.3 Å². The Bertz CT molecular complexity index is 482. The lowest BCUT2D eigenvalue weighted by Gasteiger charge is -2.12. The number of rotatable bonds is 6. The second-order valence-corrected chi connectivity index (χ2v) is 4.39. The Hall–Kier alpha value is -2.09. The largest absolute Gasteiger partial charge is 0.384 e. The topological polar surface area (TPSA) is 64.9 Å². The normalized spacial score (nSPS) is 11.5. The molecule has 0 aliphatic carbocycles. The Kier molecular flexibility index (Phi) is 5.80. The molecule has 1 atom stereocenters. The number of hydrogen-bond donors (Lipinski definition) is 2. The van der Waals surface area contributed by atoms with E-state index in [1.165, 1.54) is 12.1 Å². The van der Waals surface area contributed by atoms with Crippen molar-refractivity contribution in [3.63, 3.8) is 0 Å². The van der Waals surface area contributed by atoms with Gasteiger partial charge in [-0.2, -0.15) is 5.26 Å². The van der Waals surface area contributed by atoms with E-state index in [-0.39, 0.29) is 17.5 Å². The molecule has 0 fully saturated rings. The van der Waals surface area contributed by atoms with Gasteiger partial charge < -0.3 is 10.6 Å². The molecule has 1 aromatic carbocycles. The number of carbonyl (C=O) groups is 1. The van der Waals surface area contributed by atoms with Crippen molar-refractivity contribution < 1.29 is 9.18 Å². The SMILES string of the molecule is CCC(C)NC(=O)CCNc1cc(F)cc(C#N)c1. The molecule has 5 heteroatoms. The summed E-state index contributed by atoms with van der Waals surface area (Å²) in [5, 5.41) is 14.5. The molecule has 0 radical (unpaired) electrons. The molecular weight excluding hydrogens is 245 g/mol. The first-order valence-electron chi connectivity index (χ1n) is 6.29. The average molecular weight is 263 g/mol. The van der Waals surface area contributed by atoms with Gasteiger partial charge in [0.25, 0.3) is 0 Å². The lowest BCUT2D eigenvalue weighted by Crippen LogP contribution is -2.32. The standard InChI is InChI=1S/C14H18FN3O/c1-3-10(2)18-14(19)4-5-17-13-7-11(9-16)6-12(15)8-13/h6-8,10,17H,3-5H2,1-2H3,(H,18,19). The summed E-state index contributed by atoms with van der Waals surface area (Å²) in [5.74, 6) is -0.510. The summed E-state index contributed by atoms with van der Waals surface area (Å²) in [5.41, 5.74) is 0.763. The predicted molar refractivity (Wildman–Crippen MR) is 72.1 cm³/mol. The molecule has 19 heavy (non-hydrogen) atoms. The van der Waals surface area contributed by atoms with Crippen LogP contribution in [-0.4, -0.2) is 18.5 Å². The molecule has 1 amide bonds. The number of nitrogens with one attached hydrogen (secondary N) is 2. The molecule has 1 rings (SSSR count). The van der Waals surface area contributed by atoms with Crippen molar-refractivity contribution in [2.75, 3.05) is 11.9 Å². The van der Waals surface area contributed by atoms with Gasteiger partial charge in [-0.3, -0.25) is 4.79 Å². The highest BCUT2D eigenvalue weighted by Gasteiger charge is 2.05. The summed E-state index contributed by atoms with van der Waals surface area (Å²) in [6.07, 6.45) is 1.19. The highest BCUT2D eigenvalue weighted by atomic mass is 19.1. The Labute approximate surface area is 112 Å². The van der Waals surface area contributed by atoms with E-state index in [4.69, 9.17) is 5.26 Å². The van der Waals surface area contributed by atoms with E-state index in [9.17, 15) is 9.18 Å². The Morgan fingerprint density at radius 3 is 2.84 bits per heavy atom. The summed E-state index contributed by atoms with van der Waals surface area (Å²) in [6, 6.07) is 6.06. The summed E-state index contributed by atoms with van der Waals surface area (Å²) in [6.45, 7) is 4.34. The smallest absolute Gasteiger partial charge is 0.221 e. The van der Waals surface area contributed by atoms with Gasteiger partial charge in [0.1, 0.15) is 5.82 Å². The van der Waals surface area contributed by atoms with Crippen molar-refractivity contribution >= 4 is 11.6 Å². The van der Waals surface area contributed by atoms with Crippen LogP contribution in [0.2, 0.25) is 0 Å². The van der Waals surface area contributed by atoms with Gasteiger partial charge in [-0.15, -0.1) is 0 Å². The molecule has 0 heterocycles. The van der Waals surface area contributed by atoms with Crippen LogP contribution < -0.4 is 10.6 Å². The molecule has 0 bridgehead atoms. The van der Waals surface area contributed by atoms with Gasteiger partial charge >= 0.3 is 0 Å². The van der Waals surface area contributed by atoms with Crippen LogP contribution >= 0.6 is 0 Å². The fraction of sp³-hybridized carbons (Fsp3) is 0.429. The van der Waals surface area contributed by atoms with Crippen molar-refractivity contribution in [3.05, 3.63) is 29.6 Å². The van der Waals surface area contributed by atoms with Crippen molar-refractivity contribution in [1.29, 1.82) is 5.26 Å². The molecule has 0 saturated heterocycles. The fourth-order valence-corrected chi connectivity index (χ4v) is 1.53. The first kappa shape index (κ1) is 15.0. The first-order valence-corrected chi connectivity index (χ1v) is 6.29. The van der Waals surface area contributed by atoms with Gasteiger partial charge in [0, 0.05) is 24.7 Å². The van der Waals surface area contributed by atoms with Crippen LogP contribution in [0.4, 0.5) is 10.1 Å². The minimum atomic E-state index is -0.467. The highest BCUT2D eigenvalue weighted by molar-refractivity contribution is 5.76. The highest BCUT2D eigenvalue weighted by Crippen LogP contribution is 2.13. The first-order chi connectivity index (χ1) is 9.05. The lowest BCUT2D eigenvalue weighted by atomic mass is 10.2. The third-order valence-corrected chi connectivity index (χ3v) is 2.73. The van der Waals surface area contributed by atoms with Crippen LogP contribution in [0, 0.1) is 17.1 Å². The fourth-order valence-electron chi connectivity index (χ4n) is 1.53. The number of halogens is 1. The van der Waals surface area contributed by atoms with E-state index in [0.717, 1.165) is 6.42 Å². The molecule has 0 spiro atoms. The summed E-state index contributed by atoms with van der Waals surface area (Å²) < 4.78 is 13.1. The second kappa shape index (κ2) is 7.37. The maximum Gasteiger partial charge on any atom is 0.221 e. The van der Waals surface area contributed by atoms with Crippen LogP contribution in [-0.2, 0) is 4.79 Å². The van der Waals surface area contributed by atoms with E-state index >= 15 is 0 Å². The molecular formula is C14H18FN3O. The number of carbonyl (C=O) groups excluding carboxylic acids is 1. The monoisotopic (exact) mass is 263 g/mol. The zero-order valence-corrected chi connectivity index (χ0v) is 11.2. The quantitative estimate of drug-likeness (QED) is 0.828. The molecule has 0 saturated carbocycles. The average Bonchev–Trinajstić information content (AvgIpc) is 2.37. The van der Waals surface area contributed by atoms with Gasteiger partial charge in [-0.05, 0) is 31.5 Å². The third-order valence-electron chi connectivity index (χ3n) is 2.73. The van der Waals surface area contributed by atoms with Crippen LogP contribution in [0.15, 0.2) is 18.2 Å². The third kappa shape index (κ3) is 5.38. The minimum absolute atomic E-state index is 0.0428. The van der Waals surface area contributed by atoms with Crippen LogP contribution in [0.25, 0.3) is 0 Å². The van der Waals surface area contributed by atoms with Gasteiger partial charge in [-0.25, -0.2) is 4.39 Å². The zero-order chi connectivity index (χ0) is 14.3. The second-order valence-electron chi connectivity index (χ2n) is 4.39. The number of anilines is 1. The number of nitriles is 1. The van der Waals surface area contributed by atoms with Crippen molar-refractivity contribution in [2.45, 2.75) is 32.7 Å². The van der Waals surface area contributed by atoms with Crippen molar-refractivity contribution in [3.8, 4) is 6.07 Å². The van der Waals surface area contributed by atoms with E-state index < -0.39 is 5.82 Å². The van der Waals surface area contributed by atoms with Crippen molar-refractivity contribution in [2.24, 2.45) is 0 Å². The Morgan fingerprint density at radius 1 is 1.47 bits per heavy atom. The van der Waals surface area contributed by atoms with E-state index in [1.54, 1.807) is 6.07 Å². The van der Waals surface area contributed by atoms with Gasteiger partial charge in [0.2, 0.25) is 5.91 Å². The lowest BCUT2D eigenvalue weighted by molar-refractivity contribution is -0.121. The van der Waals surface area contributed by atoms with Crippen LogP contribution in [0.5, 0.6) is 0 Å². The Balaban J connectivity index is 2.43. The molecule has 102 valence electrons.